The molecule has 2 aromatic rings. The number of aryl methyl sites for hydroxylation is 2. The molecular formula is C12H17N5. The Morgan fingerprint density at radius 1 is 1.47 bits per heavy atom. The Morgan fingerprint density at radius 2 is 2.29 bits per heavy atom. The van der Waals surface area contributed by atoms with Gasteiger partial charge in [-0.05, 0) is 19.8 Å². The molecule has 17 heavy (non-hydrogen) atoms. The molecule has 2 aromatic heterocycles. The van der Waals surface area contributed by atoms with Crippen LogP contribution in [-0.2, 0) is 13.6 Å². The predicted molar refractivity (Wildman–Crippen MR) is 64.9 cm³/mol. The summed E-state index contributed by atoms with van der Waals surface area (Å²) >= 11 is 0. The molecular weight excluding hydrogens is 214 g/mol. The maximum absolute atomic E-state index is 4.49. The van der Waals surface area contributed by atoms with Crippen molar-refractivity contribution in [3.05, 3.63) is 30.0 Å². The first kappa shape index (κ1) is 10.5. The van der Waals surface area contributed by atoms with Crippen molar-refractivity contribution in [2.45, 2.75) is 32.4 Å². The first-order chi connectivity index (χ1) is 8.25. The van der Waals surface area contributed by atoms with Crippen molar-refractivity contribution in [3.63, 3.8) is 0 Å². The van der Waals surface area contributed by atoms with Crippen molar-refractivity contribution in [2.75, 3.05) is 0 Å². The van der Waals surface area contributed by atoms with Gasteiger partial charge in [-0.1, -0.05) is 0 Å². The van der Waals surface area contributed by atoms with Crippen molar-refractivity contribution in [1.82, 2.24) is 24.6 Å². The number of hydrogen-bond acceptors (Lipinski definition) is 3. The minimum absolute atomic E-state index is 0.713. The highest BCUT2D eigenvalue weighted by Crippen LogP contribution is 2.22. The van der Waals surface area contributed by atoms with Crippen LogP contribution in [0.4, 0.5) is 0 Å². The summed E-state index contributed by atoms with van der Waals surface area (Å²) in [7, 11) is 1.98. The van der Waals surface area contributed by atoms with Gasteiger partial charge in [0.2, 0.25) is 0 Å². The van der Waals surface area contributed by atoms with Gasteiger partial charge in [0.1, 0.15) is 12.1 Å². The lowest BCUT2D eigenvalue weighted by Gasteiger charge is -2.08. The zero-order valence-electron chi connectivity index (χ0n) is 10.2. The van der Waals surface area contributed by atoms with Gasteiger partial charge in [-0.3, -0.25) is 9.25 Å². The zero-order chi connectivity index (χ0) is 11.8. The highest BCUT2D eigenvalue weighted by Gasteiger charge is 2.22. The zero-order valence-corrected chi connectivity index (χ0v) is 10.2. The van der Waals surface area contributed by atoms with Gasteiger partial charge in [-0.2, -0.15) is 5.10 Å². The standard InChI is InChI=1S/C12H17N5/c1-9-11(7-14-10-3-4-10)12(16(2)15-9)17-6-5-13-8-17/h5-6,8,10,14H,3-4,7H2,1-2H3. The van der Waals surface area contributed by atoms with E-state index in [2.05, 4.69) is 22.3 Å². The average Bonchev–Trinajstić information content (AvgIpc) is 2.88. The normalized spacial score (nSPS) is 15.4. The molecule has 2 heterocycles. The number of nitrogens with zero attached hydrogens (tertiary/aromatic N) is 4. The Balaban J connectivity index is 1.94. The lowest BCUT2D eigenvalue weighted by molar-refractivity contribution is 0.677. The predicted octanol–water partition coefficient (Wildman–Crippen LogP) is 1.17. The van der Waals surface area contributed by atoms with Gasteiger partial charge in [-0.25, -0.2) is 4.98 Å². The van der Waals surface area contributed by atoms with Crippen LogP contribution in [0.5, 0.6) is 0 Å². The lowest BCUT2D eigenvalue weighted by Crippen LogP contribution is -2.17. The SMILES string of the molecule is Cc1nn(C)c(-n2ccnc2)c1CNC1CC1. The van der Waals surface area contributed by atoms with Crippen LogP contribution in [0.15, 0.2) is 18.7 Å². The van der Waals surface area contributed by atoms with Crippen molar-refractivity contribution >= 4 is 0 Å². The third-order valence-corrected chi connectivity index (χ3v) is 3.21. The van der Waals surface area contributed by atoms with E-state index >= 15 is 0 Å². The molecule has 3 rings (SSSR count). The fourth-order valence-corrected chi connectivity index (χ4v) is 2.14. The van der Waals surface area contributed by atoms with Crippen LogP contribution in [0.2, 0.25) is 0 Å². The fourth-order valence-electron chi connectivity index (χ4n) is 2.14. The maximum Gasteiger partial charge on any atom is 0.140 e. The van der Waals surface area contributed by atoms with Crippen molar-refractivity contribution in [1.29, 1.82) is 0 Å². The van der Waals surface area contributed by atoms with Crippen LogP contribution in [0.3, 0.4) is 0 Å². The second-order valence-corrected chi connectivity index (χ2v) is 4.64. The number of imidazole rings is 1. The Kier molecular flexibility index (Phi) is 2.48. The van der Waals surface area contributed by atoms with E-state index in [0.29, 0.717) is 6.04 Å². The topological polar surface area (TPSA) is 47.7 Å². The molecule has 1 saturated carbocycles. The molecule has 0 bridgehead atoms. The molecule has 1 fully saturated rings. The number of hydrogen-bond donors (Lipinski definition) is 1. The number of nitrogens with one attached hydrogen (secondary N) is 1. The molecule has 90 valence electrons. The summed E-state index contributed by atoms with van der Waals surface area (Å²) in [4.78, 5) is 4.10. The van der Waals surface area contributed by atoms with E-state index < -0.39 is 0 Å². The van der Waals surface area contributed by atoms with Crippen molar-refractivity contribution < 1.29 is 0 Å². The number of rotatable bonds is 4. The molecule has 0 unspecified atom stereocenters. The van der Waals surface area contributed by atoms with Gasteiger partial charge < -0.3 is 5.32 Å². The van der Waals surface area contributed by atoms with Gasteiger partial charge in [0.15, 0.2) is 0 Å². The summed E-state index contributed by atoms with van der Waals surface area (Å²) in [5.41, 5.74) is 2.35. The smallest absolute Gasteiger partial charge is 0.140 e. The van der Waals surface area contributed by atoms with E-state index in [0.717, 1.165) is 18.1 Å². The first-order valence-corrected chi connectivity index (χ1v) is 6.00. The molecule has 0 radical (unpaired) electrons. The molecule has 0 saturated heterocycles. The Labute approximate surface area is 100 Å². The quantitative estimate of drug-likeness (QED) is 0.859. The van der Waals surface area contributed by atoms with Gasteiger partial charge >= 0.3 is 0 Å². The second-order valence-electron chi connectivity index (χ2n) is 4.64. The van der Waals surface area contributed by atoms with Crippen LogP contribution in [0, 0.1) is 6.92 Å². The van der Waals surface area contributed by atoms with Gasteiger partial charge in [-0.15, -0.1) is 0 Å². The lowest BCUT2D eigenvalue weighted by atomic mass is 10.2. The van der Waals surface area contributed by atoms with Crippen LogP contribution in [0.25, 0.3) is 5.82 Å². The van der Waals surface area contributed by atoms with E-state index in [1.807, 2.05) is 28.8 Å². The first-order valence-electron chi connectivity index (χ1n) is 6.00. The third-order valence-electron chi connectivity index (χ3n) is 3.21. The monoisotopic (exact) mass is 231 g/mol. The highest BCUT2D eigenvalue weighted by atomic mass is 15.3. The summed E-state index contributed by atoms with van der Waals surface area (Å²) in [5, 5.41) is 8.04. The fraction of sp³-hybridized carbons (Fsp3) is 0.500. The van der Waals surface area contributed by atoms with Crippen LogP contribution in [0.1, 0.15) is 24.1 Å². The molecule has 0 aliphatic heterocycles. The Hall–Kier alpha value is -1.62. The molecule has 0 atom stereocenters. The van der Waals surface area contributed by atoms with E-state index in [9.17, 15) is 0 Å². The minimum atomic E-state index is 0.713. The summed E-state index contributed by atoms with van der Waals surface area (Å²) in [6, 6.07) is 0.713. The summed E-state index contributed by atoms with van der Waals surface area (Å²) in [6.45, 7) is 2.95. The third kappa shape index (κ3) is 1.98. The van der Waals surface area contributed by atoms with E-state index in [4.69, 9.17) is 0 Å². The largest absolute Gasteiger partial charge is 0.310 e. The van der Waals surface area contributed by atoms with E-state index in [1.165, 1.54) is 18.4 Å². The van der Waals surface area contributed by atoms with Gasteiger partial charge in [0.05, 0.1) is 5.69 Å². The molecule has 0 aromatic carbocycles. The summed E-state index contributed by atoms with van der Waals surface area (Å²) < 4.78 is 3.94. The van der Waals surface area contributed by atoms with Gasteiger partial charge in [0.25, 0.3) is 0 Å². The molecule has 0 spiro atoms. The summed E-state index contributed by atoms with van der Waals surface area (Å²) in [6.07, 6.45) is 8.17. The van der Waals surface area contributed by atoms with E-state index in [1.54, 1.807) is 6.20 Å². The second kappa shape index (κ2) is 4.00. The van der Waals surface area contributed by atoms with Crippen LogP contribution < -0.4 is 5.32 Å². The minimum Gasteiger partial charge on any atom is -0.310 e. The molecule has 5 heteroatoms. The Morgan fingerprint density at radius 3 is 2.94 bits per heavy atom. The molecule has 1 N–H and O–H groups in total. The molecule has 0 amide bonds. The van der Waals surface area contributed by atoms with Crippen molar-refractivity contribution in [3.8, 4) is 5.82 Å². The maximum atomic E-state index is 4.49. The highest BCUT2D eigenvalue weighted by molar-refractivity contribution is 5.38. The molecule has 1 aliphatic carbocycles. The van der Waals surface area contributed by atoms with Crippen LogP contribution >= 0.6 is 0 Å². The molecule has 5 nitrogen and oxygen atoms in total. The van der Waals surface area contributed by atoms with E-state index in [-0.39, 0.29) is 0 Å². The van der Waals surface area contributed by atoms with Gasteiger partial charge in [0, 0.05) is 37.6 Å². The number of aromatic nitrogens is 4. The average molecular weight is 231 g/mol. The van der Waals surface area contributed by atoms with Crippen LogP contribution in [-0.4, -0.2) is 25.4 Å². The Bertz CT molecular complexity index is 507. The van der Waals surface area contributed by atoms with Crippen molar-refractivity contribution in [2.24, 2.45) is 7.05 Å². The molecule has 1 aliphatic rings. The summed E-state index contributed by atoms with van der Waals surface area (Å²) in [5.74, 6) is 1.10.